The van der Waals surface area contributed by atoms with Crippen molar-refractivity contribution < 1.29 is 0 Å². The summed E-state index contributed by atoms with van der Waals surface area (Å²) in [5.41, 5.74) is 3.99. The topological polar surface area (TPSA) is 70.3 Å². The molecule has 2 aromatic rings. The number of anilines is 2. The van der Waals surface area contributed by atoms with Gasteiger partial charge in [-0.05, 0) is 19.2 Å². The molecule has 0 atom stereocenters. The Morgan fingerprint density at radius 3 is 2.19 bits per heavy atom. The molecular weight excluding hydrogens is 311 g/mol. The first-order valence-corrected chi connectivity index (χ1v) is 7.41. The maximum atomic E-state index is 6.06. The van der Waals surface area contributed by atoms with Crippen molar-refractivity contribution in [2.75, 3.05) is 43.6 Å². The molecule has 0 aliphatic carbocycles. The number of nitrogen functional groups attached to an aromatic ring is 1. The third kappa shape index (κ3) is 2.85. The van der Waals surface area contributed by atoms with Crippen LogP contribution in [0.2, 0.25) is 10.0 Å². The van der Waals surface area contributed by atoms with Crippen LogP contribution in [0.25, 0.3) is 11.0 Å². The fourth-order valence-corrected chi connectivity index (χ4v) is 2.69. The van der Waals surface area contributed by atoms with E-state index < -0.39 is 0 Å². The van der Waals surface area contributed by atoms with E-state index in [1.54, 1.807) is 12.1 Å². The van der Waals surface area contributed by atoms with Crippen molar-refractivity contribution in [1.29, 1.82) is 0 Å². The molecule has 0 amide bonds. The lowest BCUT2D eigenvalue weighted by Crippen LogP contribution is -2.45. The number of hydrazine groups is 1. The molecule has 1 aromatic heterocycles. The van der Waals surface area contributed by atoms with Gasteiger partial charge in [-0.25, -0.2) is 15.8 Å². The molecule has 0 bridgehead atoms. The zero-order valence-electron chi connectivity index (χ0n) is 11.6. The van der Waals surface area contributed by atoms with Crippen molar-refractivity contribution in [3.05, 3.63) is 22.2 Å². The SMILES string of the molecule is CN1CCN(c2nc3cc(Cl)c(Cl)cc3nc2NN)CC1. The number of nitrogens with zero attached hydrogens (tertiary/aromatic N) is 4. The normalized spacial score (nSPS) is 16.5. The molecule has 8 heteroatoms. The van der Waals surface area contributed by atoms with E-state index in [-0.39, 0.29) is 0 Å². The number of nitrogens with two attached hydrogens (primary N) is 1. The number of piperazine rings is 1. The van der Waals surface area contributed by atoms with Crippen LogP contribution in [0.5, 0.6) is 0 Å². The van der Waals surface area contributed by atoms with Gasteiger partial charge < -0.3 is 15.2 Å². The van der Waals surface area contributed by atoms with E-state index in [2.05, 4.69) is 32.2 Å². The maximum absolute atomic E-state index is 6.06. The van der Waals surface area contributed by atoms with E-state index in [1.807, 2.05) is 0 Å². The number of likely N-dealkylation sites (N-methyl/N-ethyl adjacent to an activating group) is 1. The summed E-state index contributed by atoms with van der Waals surface area (Å²) in [6.45, 7) is 3.72. The first-order valence-electron chi connectivity index (χ1n) is 6.65. The summed E-state index contributed by atoms with van der Waals surface area (Å²) in [5, 5.41) is 0.921. The molecule has 1 aromatic carbocycles. The minimum atomic E-state index is 0.453. The fraction of sp³-hybridized carbons (Fsp3) is 0.385. The van der Waals surface area contributed by atoms with E-state index in [0.717, 1.165) is 32.0 Å². The molecule has 1 saturated heterocycles. The summed E-state index contributed by atoms with van der Waals surface area (Å²) in [6, 6.07) is 3.42. The Bertz CT molecular complexity index is 669. The molecule has 1 aliphatic rings. The largest absolute Gasteiger partial charge is 0.351 e. The minimum Gasteiger partial charge on any atom is -0.351 e. The first kappa shape index (κ1) is 14.6. The van der Waals surface area contributed by atoms with Gasteiger partial charge in [0.05, 0.1) is 21.1 Å². The molecule has 21 heavy (non-hydrogen) atoms. The Balaban J connectivity index is 2.06. The van der Waals surface area contributed by atoms with E-state index in [0.29, 0.717) is 26.9 Å². The van der Waals surface area contributed by atoms with Crippen LogP contribution >= 0.6 is 23.2 Å². The van der Waals surface area contributed by atoms with Gasteiger partial charge in [0.1, 0.15) is 0 Å². The summed E-state index contributed by atoms with van der Waals surface area (Å²) in [4.78, 5) is 13.6. The van der Waals surface area contributed by atoms with Crippen LogP contribution in [0.1, 0.15) is 0 Å². The first-order chi connectivity index (χ1) is 10.1. The van der Waals surface area contributed by atoms with E-state index in [9.17, 15) is 0 Å². The highest BCUT2D eigenvalue weighted by molar-refractivity contribution is 6.42. The van der Waals surface area contributed by atoms with E-state index in [4.69, 9.17) is 29.0 Å². The van der Waals surface area contributed by atoms with E-state index in [1.165, 1.54) is 0 Å². The van der Waals surface area contributed by atoms with Gasteiger partial charge in [-0.15, -0.1) is 0 Å². The molecule has 6 nitrogen and oxygen atoms in total. The van der Waals surface area contributed by atoms with Crippen molar-refractivity contribution in [3.8, 4) is 0 Å². The average Bonchev–Trinajstić information content (AvgIpc) is 2.48. The number of aromatic nitrogens is 2. The molecule has 2 heterocycles. The summed E-state index contributed by atoms with van der Waals surface area (Å²) in [7, 11) is 2.10. The second-order valence-corrected chi connectivity index (χ2v) is 5.90. The molecule has 112 valence electrons. The highest BCUT2D eigenvalue weighted by Crippen LogP contribution is 2.30. The summed E-state index contributed by atoms with van der Waals surface area (Å²) >= 11 is 12.1. The maximum Gasteiger partial charge on any atom is 0.184 e. The number of fused-ring (bicyclic) bond motifs is 1. The van der Waals surface area contributed by atoms with Gasteiger partial charge in [-0.3, -0.25) is 0 Å². The molecule has 0 unspecified atom stereocenters. The molecule has 3 N–H and O–H groups in total. The van der Waals surface area contributed by atoms with Crippen LogP contribution in [0.3, 0.4) is 0 Å². The van der Waals surface area contributed by atoms with Gasteiger partial charge in [-0.1, -0.05) is 23.2 Å². The number of rotatable bonds is 2. The summed E-state index contributed by atoms with van der Waals surface area (Å²) in [5.74, 6) is 6.89. The lowest BCUT2D eigenvalue weighted by molar-refractivity contribution is 0.312. The molecule has 0 spiro atoms. The van der Waals surface area contributed by atoms with Gasteiger partial charge in [-0.2, -0.15) is 0 Å². The molecule has 1 fully saturated rings. The van der Waals surface area contributed by atoms with Crippen molar-refractivity contribution in [2.24, 2.45) is 5.84 Å². The van der Waals surface area contributed by atoms with Gasteiger partial charge in [0.15, 0.2) is 11.6 Å². The van der Waals surface area contributed by atoms with Crippen LogP contribution in [0, 0.1) is 0 Å². The molecule has 0 radical (unpaired) electrons. The summed E-state index contributed by atoms with van der Waals surface area (Å²) in [6.07, 6.45) is 0. The quantitative estimate of drug-likeness (QED) is 0.649. The van der Waals surface area contributed by atoms with Crippen LogP contribution in [0.4, 0.5) is 11.6 Å². The third-order valence-electron chi connectivity index (χ3n) is 3.63. The average molecular weight is 327 g/mol. The third-order valence-corrected chi connectivity index (χ3v) is 4.35. The number of halogens is 2. The zero-order valence-corrected chi connectivity index (χ0v) is 13.1. The lowest BCUT2D eigenvalue weighted by atomic mass is 10.3. The van der Waals surface area contributed by atoms with Gasteiger partial charge in [0, 0.05) is 26.2 Å². The predicted molar refractivity (Wildman–Crippen MR) is 87.1 cm³/mol. The van der Waals surface area contributed by atoms with Crippen molar-refractivity contribution in [1.82, 2.24) is 14.9 Å². The zero-order chi connectivity index (χ0) is 15.0. The number of nitrogens with one attached hydrogen (secondary N) is 1. The van der Waals surface area contributed by atoms with Crippen LogP contribution in [-0.4, -0.2) is 48.1 Å². The van der Waals surface area contributed by atoms with Crippen LogP contribution in [-0.2, 0) is 0 Å². The Kier molecular flexibility index (Phi) is 4.03. The number of hydrogen-bond acceptors (Lipinski definition) is 6. The van der Waals surface area contributed by atoms with Gasteiger partial charge >= 0.3 is 0 Å². The van der Waals surface area contributed by atoms with E-state index >= 15 is 0 Å². The van der Waals surface area contributed by atoms with Crippen LogP contribution < -0.4 is 16.2 Å². The fourth-order valence-electron chi connectivity index (χ4n) is 2.38. The molecule has 3 rings (SSSR count). The van der Waals surface area contributed by atoms with Gasteiger partial charge in [0.25, 0.3) is 0 Å². The van der Waals surface area contributed by atoms with Crippen molar-refractivity contribution in [2.45, 2.75) is 0 Å². The highest BCUT2D eigenvalue weighted by atomic mass is 35.5. The predicted octanol–water partition coefficient (Wildman–Crippen LogP) is 1.97. The Labute approximate surface area is 132 Å². The van der Waals surface area contributed by atoms with Gasteiger partial charge in [0.2, 0.25) is 0 Å². The standard InChI is InChI=1S/C13H16Cl2N6/c1-20-2-4-21(5-3-20)13-12(19-16)17-10-6-8(14)9(15)7-11(10)18-13/h6-7H,2-5,16H2,1H3,(H,17,19). The van der Waals surface area contributed by atoms with Crippen LogP contribution in [0.15, 0.2) is 12.1 Å². The number of hydrogen-bond donors (Lipinski definition) is 2. The number of benzene rings is 1. The molecule has 0 saturated carbocycles. The van der Waals surface area contributed by atoms with Crippen molar-refractivity contribution in [3.63, 3.8) is 0 Å². The Hall–Kier alpha value is -1.34. The smallest absolute Gasteiger partial charge is 0.184 e. The second kappa shape index (κ2) is 5.81. The Morgan fingerprint density at radius 2 is 1.62 bits per heavy atom. The second-order valence-electron chi connectivity index (χ2n) is 5.09. The summed E-state index contributed by atoms with van der Waals surface area (Å²) < 4.78 is 0. The lowest BCUT2D eigenvalue weighted by Gasteiger charge is -2.33. The molecular formula is C13H16Cl2N6. The van der Waals surface area contributed by atoms with Crippen molar-refractivity contribution >= 4 is 45.9 Å². The molecule has 1 aliphatic heterocycles. The monoisotopic (exact) mass is 326 g/mol. The minimum absolute atomic E-state index is 0.453. The Morgan fingerprint density at radius 1 is 1.05 bits per heavy atom. The highest BCUT2D eigenvalue weighted by Gasteiger charge is 2.20.